The fraction of sp³-hybridized carbons (Fsp3) is 0. The minimum Gasteiger partial charge on any atom is -0.436 e. The Morgan fingerprint density at radius 2 is 0.750 bits per heavy atom. The Labute approximate surface area is 642 Å². The standard InChI is InChI=1S/C51H29N5O.C49H29N5S/c52-30-31-11-10-14-32(25-31)35-21-24-41-47(29-35)57-51-49(41)53-50(56-44-20-9-7-18-39(44)42-26-33-12-4-5-13-34(33)27-46(42)56)48(54-51)36-22-23-40-38-17-6-8-19-43(38)55(45(40)28-36)37-15-2-1-3-16-37;1-2-14-34(15-3-1)53-41-19-8-6-16-35(41)37-23-21-33(29-43(37)53)46-48(51-47-39-27-32(40-18-10-11-25-50-40)22-24-45(39)55-49(47)52-46)54-42-20-9-7-17-36(42)38-26-30-12-4-5-13-31(30)28-44(38)54/h1-29H;1-29H. The number of furan rings is 1. The maximum absolute atomic E-state index is 9.56. The molecule has 9 aromatic heterocycles. The third kappa shape index (κ3) is 9.87. The van der Waals surface area contributed by atoms with Crippen LogP contribution in [0, 0.1) is 11.3 Å². The fourth-order valence-corrected chi connectivity index (χ4v) is 18.2. The molecule has 0 unspecified atom stereocenters. The lowest BCUT2D eigenvalue weighted by atomic mass is 10.0. The monoisotopic (exact) mass is 1450 g/mol. The number of nitriles is 1. The van der Waals surface area contributed by atoms with Crippen molar-refractivity contribution < 1.29 is 4.42 Å². The second kappa shape index (κ2) is 25.0. The van der Waals surface area contributed by atoms with Gasteiger partial charge in [-0.05, 0) is 166 Å². The molecule has 0 N–H and O–H groups in total. The first-order valence-electron chi connectivity index (χ1n) is 37.4. The molecule has 0 spiro atoms. The minimum absolute atomic E-state index is 0.460. The summed E-state index contributed by atoms with van der Waals surface area (Å²) in [5.74, 6) is 1.53. The van der Waals surface area contributed by atoms with Gasteiger partial charge in [-0.3, -0.25) is 14.1 Å². The number of hydrogen-bond acceptors (Lipinski definition) is 8. The zero-order valence-electron chi connectivity index (χ0n) is 59.8. The topological polar surface area (TPSA) is 121 Å². The molecule has 24 aromatic rings. The molecule has 0 bridgehead atoms. The lowest BCUT2D eigenvalue weighted by Crippen LogP contribution is -2.03. The number of hydrogen-bond donors (Lipinski definition) is 0. The Balaban J connectivity index is 0.000000134. The van der Waals surface area contributed by atoms with Crippen molar-refractivity contribution in [2.45, 2.75) is 0 Å². The largest absolute Gasteiger partial charge is 0.436 e. The molecule has 0 saturated carbocycles. The molecule has 0 atom stereocenters. The molecule has 24 rings (SSSR count). The molecule has 112 heavy (non-hydrogen) atoms. The normalized spacial score (nSPS) is 11.9. The van der Waals surface area contributed by atoms with Crippen LogP contribution in [0.15, 0.2) is 356 Å². The van der Waals surface area contributed by atoms with Crippen LogP contribution in [0.2, 0.25) is 0 Å². The SMILES string of the molecule is N#Cc1cccc(-c2ccc3c(c2)oc2nc(-c4ccc5c6ccccc6n(-c6ccccc6)c5c4)c(-n4c5ccccc5c5cc6ccccc6cc54)nc23)c1.c1ccc(-n2c3ccccc3c3ccc(-c4nc5sc6ccc(-c7ccccn7)cc6c5nc4-n4c5ccccc5c5cc6ccccc6cc54)cc32)cc1. The van der Waals surface area contributed by atoms with Crippen LogP contribution in [0.1, 0.15) is 5.56 Å². The Kier molecular flexibility index (Phi) is 14.0. The third-order valence-electron chi connectivity index (χ3n) is 22.3. The van der Waals surface area contributed by atoms with Crippen LogP contribution in [-0.4, -0.2) is 43.2 Å². The van der Waals surface area contributed by atoms with Crippen molar-refractivity contribution in [1.82, 2.24) is 43.2 Å². The van der Waals surface area contributed by atoms with Gasteiger partial charge in [0.15, 0.2) is 11.6 Å². The van der Waals surface area contributed by atoms with Crippen LogP contribution < -0.4 is 0 Å². The fourth-order valence-electron chi connectivity index (χ4n) is 17.2. The second-order valence-electron chi connectivity index (χ2n) is 28.6. The first kappa shape index (κ1) is 63.0. The number of benzene rings is 15. The number of rotatable bonds is 8. The molecular weight excluding hydrogens is 1390 g/mol. The lowest BCUT2D eigenvalue weighted by molar-refractivity contribution is 0.653. The molecule has 12 heteroatoms. The summed E-state index contributed by atoms with van der Waals surface area (Å²) in [5, 5.41) is 25.7. The summed E-state index contributed by atoms with van der Waals surface area (Å²) in [7, 11) is 0. The first-order chi connectivity index (χ1) is 55.5. The van der Waals surface area contributed by atoms with Crippen molar-refractivity contribution in [2.24, 2.45) is 0 Å². The van der Waals surface area contributed by atoms with Gasteiger partial charge < -0.3 is 13.6 Å². The summed E-state index contributed by atoms with van der Waals surface area (Å²) in [6, 6.07) is 124. The van der Waals surface area contributed by atoms with Crippen LogP contribution in [0.3, 0.4) is 0 Å². The molecule has 0 saturated heterocycles. The van der Waals surface area contributed by atoms with E-state index in [2.05, 4.69) is 333 Å². The predicted octanol–water partition coefficient (Wildman–Crippen LogP) is 25.8. The molecule has 0 aliphatic heterocycles. The summed E-state index contributed by atoms with van der Waals surface area (Å²) in [6.07, 6.45) is 1.84. The smallest absolute Gasteiger partial charge is 0.247 e. The summed E-state index contributed by atoms with van der Waals surface area (Å²) in [5.41, 5.74) is 21.7. The zero-order valence-corrected chi connectivity index (χ0v) is 60.6. The van der Waals surface area contributed by atoms with Gasteiger partial charge >= 0.3 is 0 Å². The molecule has 0 aliphatic carbocycles. The highest BCUT2D eigenvalue weighted by molar-refractivity contribution is 7.25. The molecule has 15 aromatic carbocycles. The van der Waals surface area contributed by atoms with E-state index in [1.165, 1.54) is 48.6 Å². The quantitative estimate of drug-likeness (QED) is 0.149. The van der Waals surface area contributed by atoms with Crippen LogP contribution in [0.4, 0.5) is 0 Å². The van der Waals surface area contributed by atoms with Gasteiger partial charge in [0.1, 0.15) is 32.8 Å². The van der Waals surface area contributed by atoms with E-state index >= 15 is 0 Å². The molecule has 0 amide bonds. The second-order valence-corrected chi connectivity index (χ2v) is 29.6. The van der Waals surface area contributed by atoms with Crippen LogP contribution >= 0.6 is 11.3 Å². The highest BCUT2D eigenvalue weighted by Gasteiger charge is 2.27. The van der Waals surface area contributed by atoms with Gasteiger partial charge in [-0.2, -0.15) is 5.26 Å². The molecule has 11 nitrogen and oxygen atoms in total. The van der Waals surface area contributed by atoms with Crippen molar-refractivity contribution in [3.05, 3.63) is 358 Å². The highest BCUT2D eigenvalue weighted by Crippen LogP contribution is 2.46. The van der Waals surface area contributed by atoms with Gasteiger partial charge in [0.2, 0.25) is 5.71 Å². The molecule has 0 radical (unpaired) electrons. The van der Waals surface area contributed by atoms with E-state index in [-0.39, 0.29) is 0 Å². The van der Waals surface area contributed by atoms with Gasteiger partial charge in [0.25, 0.3) is 0 Å². The molecule has 520 valence electrons. The maximum atomic E-state index is 9.56. The molecule has 9 heterocycles. The Morgan fingerprint density at radius 1 is 0.295 bits per heavy atom. The number of nitrogens with zero attached hydrogens (tertiary/aromatic N) is 10. The van der Waals surface area contributed by atoms with Crippen molar-refractivity contribution >= 4 is 163 Å². The van der Waals surface area contributed by atoms with Crippen molar-refractivity contribution in [3.63, 3.8) is 0 Å². The van der Waals surface area contributed by atoms with E-state index in [1.807, 2.05) is 48.7 Å². The molecule has 0 aliphatic rings. The van der Waals surface area contributed by atoms with Crippen LogP contribution in [0.5, 0.6) is 0 Å². The first-order valence-corrected chi connectivity index (χ1v) is 38.2. The average molecular weight is 1450 g/mol. The van der Waals surface area contributed by atoms with Gasteiger partial charge in [-0.1, -0.05) is 212 Å². The van der Waals surface area contributed by atoms with Crippen LogP contribution in [0.25, 0.3) is 219 Å². The van der Waals surface area contributed by atoms with Crippen molar-refractivity contribution in [3.8, 4) is 74.0 Å². The Hall–Kier alpha value is -15.2. The van der Waals surface area contributed by atoms with Gasteiger partial charge in [0, 0.05) is 92.8 Å². The van der Waals surface area contributed by atoms with E-state index in [0.717, 1.165) is 148 Å². The minimum atomic E-state index is 0.460. The number of thiophene rings is 1. The van der Waals surface area contributed by atoms with Gasteiger partial charge in [-0.15, -0.1) is 11.3 Å². The zero-order chi connectivity index (χ0) is 73.6. The summed E-state index contributed by atoms with van der Waals surface area (Å²) in [4.78, 5) is 27.8. The number of para-hydroxylation sites is 6. The number of fused-ring (bicyclic) bond motifs is 20. The number of aromatic nitrogens is 9. The summed E-state index contributed by atoms with van der Waals surface area (Å²) in [6.45, 7) is 0. The summed E-state index contributed by atoms with van der Waals surface area (Å²) < 4.78 is 17.1. The van der Waals surface area contributed by atoms with Crippen LogP contribution in [-0.2, 0) is 0 Å². The highest BCUT2D eigenvalue weighted by atomic mass is 32.1. The predicted molar refractivity (Wildman–Crippen MR) is 461 cm³/mol. The van der Waals surface area contributed by atoms with Gasteiger partial charge in [0.05, 0.1) is 61.5 Å². The lowest BCUT2D eigenvalue weighted by Gasteiger charge is -2.14. The van der Waals surface area contributed by atoms with E-state index in [1.54, 1.807) is 11.3 Å². The molecule has 0 fully saturated rings. The van der Waals surface area contributed by atoms with Crippen molar-refractivity contribution in [1.29, 1.82) is 5.26 Å². The maximum Gasteiger partial charge on any atom is 0.247 e. The number of pyridine rings is 1. The van der Waals surface area contributed by atoms with E-state index in [0.29, 0.717) is 28.1 Å². The molecular formula is C100H58N10OS. The van der Waals surface area contributed by atoms with Crippen molar-refractivity contribution in [2.75, 3.05) is 0 Å². The average Bonchev–Trinajstić information content (AvgIpc) is 1.57. The third-order valence-corrected chi connectivity index (χ3v) is 23.3. The van der Waals surface area contributed by atoms with E-state index in [4.69, 9.17) is 24.4 Å². The summed E-state index contributed by atoms with van der Waals surface area (Å²) >= 11 is 1.69. The van der Waals surface area contributed by atoms with E-state index in [9.17, 15) is 5.26 Å². The Morgan fingerprint density at radius 3 is 1.31 bits per heavy atom. The van der Waals surface area contributed by atoms with Gasteiger partial charge in [-0.25, -0.2) is 19.9 Å². The van der Waals surface area contributed by atoms with E-state index < -0.39 is 0 Å². The Bertz CT molecular complexity index is 8100.